The van der Waals surface area contributed by atoms with Crippen LogP contribution in [0.4, 0.5) is 0 Å². The van der Waals surface area contributed by atoms with Gasteiger partial charge in [0.25, 0.3) is 0 Å². The number of methoxy groups -OCH3 is 1. The predicted molar refractivity (Wildman–Crippen MR) is 118 cm³/mol. The first-order valence-electron chi connectivity index (χ1n) is 9.80. The number of nitrogens with one attached hydrogen (secondary N) is 1. The molecule has 1 N–H and O–H groups in total. The average Bonchev–Trinajstić information content (AvgIpc) is 2.80. The third kappa shape index (κ3) is 6.01. The van der Waals surface area contributed by atoms with Crippen LogP contribution in [0.1, 0.15) is 28.9 Å². The molecule has 0 aromatic heterocycles. The first-order chi connectivity index (χ1) is 14.9. The van der Waals surface area contributed by atoms with Gasteiger partial charge in [0.2, 0.25) is 10.0 Å². The quantitative estimate of drug-likeness (QED) is 0.511. The lowest BCUT2D eigenvalue weighted by Gasteiger charge is -2.24. The summed E-state index contributed by atoms with van der Waals surface area (Å²) in [5, 5.41) is 0. The molecule has 0 heterocycles. The Morgan fingerprint density at radius 3 is 1.97 bits per heavy atom. The largest absolute Gasteiger partial charge is 0.467 e. The maximum absolute atomic E-state index is 12.8. The molecule has 0 radical (unpaired) electrons. The molecule has 3 aromatic rings. The highest BCUT2D eigenvalue weighted by Crippen LogP contribution is 2.28. The van der Waals surface area contributed by atoms with E-state index >= 15 is 0 Å². The number of hydrogen-bond donors (Lipinski definition) is 1. The number of carbonyl (C=O) groups excluding carboxylic acids is 1. The van der Waals surface area contributed by atoms with E-state index < -0.39 is 28.2 Å². The molecule has 0 spiro atoms. The zero-order valence-corrected chi connectivity index (χ0v) is 18.2. The molecule has 0 aliphatic rings. The summed E-state index contributed by atoms with van der Waals surface area (Å²) in [5.74, 6) is -0.562. The van der Waals surface area contributed by atoms with E-state index in [-0.39, 0.29) is 11.4 Å². The van der Waals surface area contributed by atoms with E-state index in [0.29, 0.717) is 5.56 Å². The molecule has 0 saturated carbocycles. The van der Waals surface area contributed by atoms with Crippen LogP contribution in [0.3, 0.4) is 0 Å². The van der Waals surface area contributed by atoms with Gasteiger partial charge in [-0.25, -0.2) is 17.9 Å². The van der Waals surface area contributed by atoms with Crippen LogP contribution in [0.5, 0.6) is 0 Å². The summed E-state index contributed by atoms with van der Waals surface area (Å²) in [6, 6.07) is 24.7. The molecule has 0 aliphatic heterocycles. The van der Waals surface area contributed by atoms with E-state index in [1.807, 2.05) is 43.3 Å². The number of hydrogen-bond acceptors (Lipinski definition) is 5. The summed E-state index contributed by atoms with van der Waals surface area (Å²) >= 11 is 0. The van der Waals surface area contributed by atoms with Crippen LogP contribution in [0, 0.1) is 6.92 Å². The molecule has 7 heteroatoms. The average molecular weight is 440 g/mol. The van der Waals surface area contributed by atoms with Gasteiger partial charge >= 0.3 is 5.97 Å². The maximum atomic E-state index is 12.8. The van der Waals surface area contributed by atoms with Crippen molar-refractivity contribution < 1.29 is 22.7 Å². The van der Waals surface area contributed by atoms with Gasteiger partial charge in [-0.2, -0.15) is 0 Å². The topological polar surface area (TPSA) is 81.7 Å². The van der Waals surface area contributed by atoms with E-state index in [1.165, 1.54) is 7.11 Å². The second-order valence-electron chi connectivity index (χ2n) is 7.01. The van der Waals surface area contributed by atoms with Crippen molar-refractivity contribution in [3.63, 3.8) is 0 Å². The Labute approximate surface area is 182 Å². The van der Waals surface area contributed by atoms with Crippen LogP contribution >= 0.6 is 0 Å². The molecule has 0 saturated heterocycles. The van der Waals surface area contributed by atoms with E-state index in [1.54, 1.807) is 48.5 Å². The summed E-state index contributed by atoms with van der Waals surface area (Å²) in [7, 11) is -2.46. The molecule has 0 amide bonds. The van der Waals surface area contributed by atoms with E-state index in [9.17, 15) is 13.2 Å². The molecular weight excluding hydrogens is 414 g/mol. The molecule has 6 nitrogen and oxygen atoms in total. The first-order valence-corrected chi connectivity index (χ1v) is 11.3. The second kappa shape index (κ2) is 10.3. The zero-order valence-electron chi connectivity index (χ0n) is 17.4. The minimum Gasteiger partial charge on any atom is -0.467 e. The van der Waals surface area contributed by atoms with Crippen LogP contribution in [0.2, 0.25) is 0 Å². The van der Waals surface area contributed by atoms with Crippen LogP contribution in [0.25, 0.3) is 0 Å². The lowest BCUT2D eigenvalue weighted by atomic mass is 10.1. The van der Waals surface area contributed by atoms with Crippen LogP contribution in [-0.2, 0) is 24.3 Å². The van der Waals surface area contributed by atoms with Gasteiger partial charge in [0, 0.05) is 6.54 Å². The number of benzene rings is 3. The molecule has 162 valence electrons. The Kier molecular flexibility index (Phi) is 7.57. The molecule has 0 bridgehead atoms. The number of ether oxygens (including phenoxy) is 2. The monoisotopic (exact) mass is 439 g/mol. The summed E-state index contributed by atoms with van der Waals surface area (Å²) in [6.07, 6.45) is -1.72. The Balaban J connectivity index is 1.86. The molecule has 31 heavy (non-hydrogen) atoms. The Bertz CT molecular complexity index is 1080. The van der Waals surface area contributed by atoms with Crippen molar-refractivity contribution in [3.05, 3.63) is 102 Å². The van der Waals surface area contributed by atoms with Gasteiger partial charge in [0.15, 0.2) is 6.10 Å². The van der Waals surface area contributed by atoms with Gasteiger partial charge in [-0.1, -0.05) is 78.4 Å². The van der Waals surface area contributed by atoms with Crippen molar-refractivity contribution in [2.24, 2.45) is 0 Å². The number of carbonyl (C=O) groups is 1. The maximum Gasteiger partial charge on any atom is 0.339 e. The third-order valence-corrected chi connectivity index (χ3v) is 6.22. The fraction of sp³-hybridized carbons (Fsp3) is 0.208. The fourth-order valence-electron chi connectivity index (χ4n) is 3.07. The van der Waals surface area contributed by atoms with E-state index in [4.69, 9.17) is 9.47 Å². The summed E-state index contributed by atoms with van der Waals surface area (Å²) < 4.78 is 39.2. The van der Waals surface area contributed by atoms with Crippen molar-refractivity contribution in [1.29, 1.82) is 0 Å². The van der Waals surface area contributed by atoms with E-state index in [0.717, 1.165) is 11.1 Å². The van der Waals surface area contributed by atoms with Crippen molar-refractivity contribution >= 4 is 16.0 Å². The van der Waals surface area contributed by atoms with Gasteiger partial charge in [-0.3, -0.25) is 0 Å². The van der Waals surface area contributed by atoms with Gasteiger partial charge in [0.05, 0.1) is 18.1 Å². The normalized spacial score (nSPS) is 13.4. The number of esters is 1. The number of rotatable bonds is 9. The zero-order chi connectivity index (χ0) is 22.3. The van der Waals surface area contributed by atoms with Crippen LogP contribution in [0.15, 0.2) is 89.8 Å². The highest BCUT2D eigenvalue weighted by atomic mass is 32.2. The van der Waals surface area contributed by atoms with Crippen molar-refractivity contribution in [3.8, 4) is 0 Å². The van der Waals surface area contributed by atoms with Crippen LogP contribution in [-0.4, -0.2) is 28.0 Å². The minimum absolute atomic E-state index is 0.0550. The highest BCUT2D eigenvalue weighted by molar-refractivity contribution is 7.89. The number of sulfonamides is 1. The molecule has 0 aliphatic carbocycles. The summed E-state index contributed by atoms with van der Waals surface area (Å²) in [5.41, 5.74) is 2.32. The Morgan fingerprint density at radius 2 is 1.42 bits per heavy atom. The molecular formula is C24H25NO5S. The predicted octanol–water partition coefficient (Wildman–Crippen LogP) is 3.95. The van der Waals surface area contributed by atoms with Gasteiger partial charge < -0.3 is 9.47 Å². The minimum atomic E-state index is -3.75. The molecule has 2 atom stereocenters. The summed E-state index contributed by atoms with van der Waals surface area (Å²) in [6.45, 7) is 1.83. The van der Waals surface area contributed by atoms with Gasteiger partial charge in [0.1, 0.15) is 0 Å². The fourth-order valence-corrected chi connectivity index (χ4v) is 4.10. The van der Waals surface area contributed by atoms with Crippen molar-refractivity contribution in [2.45, 2.75) is 24.0 Å². The third-order valence-electron chi connectivity index (χ3n) is 4.78. The molecule has 3 aromatic carbocycles. The SMILES string of the molecule is COC(=O)[C@@H](O[C@H](CNS(=O)(=O)c1ccc(C)cc1)c1ccccc1)c1ccccc1. The highest BCUT2D eigenvalue weighted by Gasteiger charge is 2.28. The number of aryl methyl sites for hydroxylation is 1. The summed E-state index contributed by atoms with van der Waals surface area (Å²) in [4.78, 5) is 12.6. The second-order valence-corrected chi connectivity index (χ2v) is 8.78. The van der Waals surface area contributed by atoms with Crippen molar-refractivity contribution in [2.75, 3.05) is 13.7 Å². The lowest BCUT2D eigenvalue weighted by molar-refractivity contribution is -0.158. The smallest absolute Gasteiger partial charge is 0.339 e. The standard InChI is InChI=1S/C24H25NO5S/c1-18-13-15-21(16-14-18)31(27,28)25-17-22(19-9-5-3-6-10-19)30-23(24(26)29-2)20-11-7-4-8-12-20/h3-16,22-23,25H,17H2,1-2H3/t22-,23+/m1/s1. The van der Waals surface area contributed by atoms with Gasteiger partial charge in [-0.15, -0.1) is 0 Å². The van der Waals surface area contributed by atoms with Crippen LogP contribution < -0.4 is 4.72 Å². The van der Waals surface area contributed by atoms with E-state index in [2.05, 4.69) is 4.72 Å². The Hall–Kier alpha value is -3.00. The van der Waals surface area contributed by atoms with Crippen molar-refractivity contribution in [1.82, 2.24) is 4.72 Å². The molecule has 0 fully saturated rings. The first kappa shape index (κ1) is 22.7. The Morgan fingerprint density at radius 1 is 0.871 bits per heavy atom. The molecule has 0 unspecified atom stereocenters. The van der Waals surface area contributed by atoms with Gasteiger partial charge in [-0.05, 0) is 30.2 Å². The molecule has 3 rings (SSSR count). The lowest BCUT2D eigenvalue weighted by Crippen LogP contribution is -2.31.